The van der Waals surface area contributed by atoms with Crippen LogP contribution in [0.3, 0.4) is 0 Å². The highest BCUT2D eigenvalue weighted by atomic mass is 32.2. The second-order valence-corrected chi connectivity index (χ2v) is 6.16. The molecule has 1 fully saturated rings. The average molecular weight is 285 g/mol. The summed E-state index contributed by atoms with van der Waals surface area (Å²) in [6.07, 6.45) is 2.93. The lowest BCUT2D eigenvalue weighted by atomic mass is 9.99. The third kappa shape index (κ3) is 2.73. The fourth-order valence-corrected chi connectivity index (χ4v) is 4.09. The van der Waals surface area contributed by atoms with Gasteiger partial charge in [-0.1, -0.05) is 6.07 Å². The number of thioether (sulfide) groups is 1. The highest BCUT2D eigenvalue weighted by Crippen LogP contribution is 2.42. The maximum atomic E-state index is 12.0. The summed E-state index contributed by atoms with van der Waals surface area (Å²) in [6, 6.07) is 4.45. The first-order chi connectivity index (χ1) is 8.79. The Balaban J connectivity index is 1.94. The van der Waals surface area contributed by atoms with Crippen LogP contribution in [0.15, 0.2) is 17.5 Å². The predicted octanol–water partition coefficient (Wildman–Crippen LogP) is 2.79. The Morgan fingerprint density at radius 3 is 3.00 bits per heavy atom. The predicted molar refractivity (Wildman–Crippen MR) is 77.2 cm³/mol. The van der Waals surface area contributed by atoms with Crippen molar-refractivity contribution in [3.63, 3.8) is 0 Å². The number of β-lactam (4-membered cyclic amide) rings is 1. The van der Waals surface area contributed by atoms with Crippen LogP contribution in [0.4, 0.5) is 0 Å². The minimum absolute atomic E-state index is 0.107. The van der Waals surface area contributed by atoms with Crippen LogP contribution in [0.25, 0.3) is 0 Å². The van der Waals surface area contributed by atoms with Gasteiger partial charge in [0.15, 0.2) is 0 Å². The van der Waals surface area contributed by atoms with Gasteiger partial charge in [-0.25, -0.2) is 0 Å². The summed E-state index contributed by atoms with van der Waals surface area (Å²) < 4.78 is 5.33. The van der Waals surface area contributed by atoms with E-state index in [4.69, 9.17) is 4.74 Å². The summed E-state index contributed by atoms with van der Waals surface area (Å²) in [6.45, 7) is 4.28. The molecule has 0 N–H and O–H groups in total. The fourth-order valence-electron chi connectivity index (χ4n) is 2.24. The van der Waals surface area contributed by atoms with E-state index < -0.39 is 0 Å². The van der Waals surface area contributed by atoms with Crippen molar-refractivity contribution < 1.29 is 9.53 Å². The monoisotopic (exact) mass is 285 g/mol. The molecule has 0 aliphatic carbocycles. The van der Waals surface area contributed by atoms with Crippen LogP contribution in [0.2, 0.25) is 0 Å². The minimum atomic E-state index is 0.107. The number of amides is 1. The molecule has 0 unspecified atom stereocenters. The lowest BCUT2D eigenvalue weighted by molar-refractivity contribution is -0.145. The van der Waals surface area contributed by atoms with Crippen molar-refractivity contribution in [3.05, 3.63) is 22.4 Å². The van der Waals surface area contributed by atoms with Crippen molar-refractivity contribution in [2.45, 2.75) is 24.6 Å². The fraction of sp³-hybridized carbons (Fsp3) is 0.615. The molecule has 1 aliphatic rings. The van der Waals surface area contributed by atoms with Crippen LogP contribution in [-0.4, -0.2) is 42.1 Å². The molecular weight excluding hydrogens is 266 g/mol. The van der Waals surface area contributed by atoms with E-state index >= 15 is 0 Å². The number of hydrogen-bond donors (Lipinski definition) is 0. The molecule has 0 bridgehead atoms. The quantitative estimate of drug-likeness (QED) is 0.570. The standard InChI is InChI=1S/C13H19NO2S2/c1-3-16-8-5-7-14-11(10-6-4-9-18-10)12(17-2)13(14)15/h4,6,9,11-12H,3,5,7-8H2,1-2H3/t11-,12+/m0/s1. The van der Waals surface area contributed by atoms with E-state index in [1.807, 2.05) is 18.1 Å². The SMILES string of the molecule is CCOCCCN1C(=O)[C@H](SC)[C@@H]1c1cccs1. The summed E-state index contributed by atoms with van der Waals surface area (Å²) in [5.41, 5.74) is 0. The van der Waals surface area contributed by atoms with Gasteiger partial charge in [0.25, 0.3) is 0 Å². The van der Waals surface area contributed by atoms with Gasteiger partial charge in [0.05, 0.1) is 6.04 Å². The van der Waals surface area contributed by atoms with Gasteiger partial charge >= 0.3 is 0 Å². The van der Waals surface area contributed by atoms with Gasteiger partial charge in [-0.05, 0) is 31.0 Å². The first-order valence-electron chi connectivity index (χ1n) is 6.24. The van der Waals surface area contributed by atoms with Crippen LogP contribution < -0.4 is 0 Å². The lowest BCUT2D eigenvalue weighted by Gasteiger charge is -2.46. The van der Waals surface area contributed by atoms with Crippen LogP contribution in [-0.2, 0) is 9.53 Å². The number of ether oxygens (including phenoxy) is 1. The zero-order chi connectivity index (χ0) is 13.0. The van der Waals surface area contributed by atoms with Crippen molar-refractivity contribution in [1.29, 1.82) is 0 Å². The van der Waals surface area contributed by atoms with Gasteiger partial charge in [-0.3, -0.25) is 4.79 Å². The second kappa shape index (κ2) is 6.59. The number of carbonyl (C=O) groups excluding carboxylic acids is 1. The van der Waals surface area contributed by atoms with Gasteiger partial charge < -0.3 is 9.64 Å². The highest BCUT2D eigenvalue weighted by molar-refractivity contribution is 8.00. The van der Waals surface area contributed by atoms with E-state index in [1.165, 1.54) is 4.88 Å². The van der Waals surface area contributed by atoms with Crippen LogP contribution in [0.1, 0.15) is 24.3 Å². The number of nitrogens with zero attached hydrogens (tertiary/aromatic N) is 1. The molecule has 0 aromatic carbocycles. The summed E-state index contributed by atoms with van der Waals surface area (Å²) >= 11 is 3.39. The summed E-state index contributed by atoms with van der Waals surface area (Å²) in [5.74, 6) is 0.275. The zero-order valence-corrected chi connectivity index (χ0v) is 12.4. The molecular formula is C13H19NO2S2. The average Bonchev–Trinajstić information content (AvgIpc) is 2.88. The van der Waals surface area contributed by atoms with Gasteiger partial charge in [0.1, 0.15) is 5.25 Å². The van der Waals surface area contributed by atoms with Crippen molar-refractivity contribution in [3.8, 4) is 0 Å². The zero-order valence-electron chi connectivity index (χ0n) is 10.8. The van der Waals surface area contributed by atoms with Gasteiger partial charge in [-0.15, -0.1) is 23.1 Å². The summed E-state index contributed by atoms with van der Waals surface area (Å²) in [7, 11) is 0. The summed E-state index contributed by atoms with van der Waals surface area (Å²) in [5, 5.41) is 2.18. The summed E-state index contributed by atoms with van der Waals surface area (Å²) in [4.78, 5) is 15.3. The van der Waals surface area contributed by atoms with Crippen LogP contribution >= 0.6 is 23.1 Å². The highest BCUT2D eigenvalue weighted by Gasteiger charge is 2.47. The van der Waals surface area contributed by atoms with Crippen LogP contribution in [0.5, 0.6) is 0 Å². The maximum absolute atomic E-state index is 12.0. The Bertz CT molecular complexity index is 380. The maximum Gasteiger partial charge on any atom is 0.238 e. The molecule has 1 amide bonds. The molecule has 1 aliphatic heterocycles. The lowest BCUT2D eigenvalue weighted by Crippen LogP contribution is -2.57. The normalized spacial score (nSPS) is 23.2. The Kier molecular flexibility index (Phi) is 5.09. The number of rotatable bonds is 7. The molecule has 0 saturated carbocycles. The van der Waals surface area contributed by atoms with E-state index in [1.54, 1.807) is 23.1 Å². The van der Waals surface area contributed by atoms with Gasteiger partial charge in [0.2, 0.25) is 5.91 Å². The third-order valence-corrected chi connectivity index (χ3v) is 5.04. The van der Waals surface area contributed by atoms with E-state index in [9.17, 15) is 4.79 Å². The molecule has 1 aromatic rings. The first-order valence-corrected chi connectivity index (χ1v) is 8.40. The van der Waals surface area contributed by atoms with E-state index in [-0.39, 0.29) is 17.2 Å². The first kappa shape index (κ1) is 13.9. The number of hydrogen-bond acceptors (Lipinski definition) is 4. The Labute approximate surface area is 117 Å². The molecule has 2 rings (SSSR count). The molecule has 18 heavy (non-hydrogen) atoms. The smallest absolute Gasteiger partial charge is 0.238 e. The topological polar surface area (TPSA) is 29.5 Å². The van der Waals surface area contributed by atoms with Crippen molar-refractivity contribution in [1.82, 2.24) is 4.90 Å². The number of carbonyl (C=O) groups is 1. The van der Waals surface area contributed by atoms with E-state index in [2.05, 4.69) is 17.5 Å². The molecule has 3 nitrogen and oxygen atoms in total. The molecule has 1 aromatic heterocycles. The molecule has 2 atom stereocenters. The second-order valence-electron chi connectivity index (χ2n) is 4.20. The molecule has 100 valence electrons. The number of thiophene rings is 1. The number of likely N-dealkylation sites (tertiary alicyclic amines) is 1. The minimum Gasteiger partial charge on any atom is -0.382 e. The van der Waals surface area contributed by atoms with Crippen molar-refractivity contribution >= 4 is 29.0 Å². The Morgan fingerprint density at radius 2 is 2.39 bits per heavy atom. The van der Waals surface area contributed by atoms with Crippen LogP contribution in [0, 0.1) is 0 Å². The molecule has 1 saturated heterocycles. The molecule has 5 heteroatoms. The Morgan fingerprint density at radius 1 is 1.56 bits per heavy atom. The molecule has 2 heterocycles. The van der Waals surface area contributed by atoms with Crippen molar-refractivity contribution in [2.75, 3.05) is 26.0 Å². The van der Waals surface area contributed by atoms with Gasteiger partial charge in [-0.2, -0.15) is 0 Å². The molecule has 0 spiro atoms. The van der Waals surface area contributed by atoms with Gasteiger partial charge in [0, 0.05) is 24.6 Å². The largest absolute Gasteiger partial charge is 0.382 e. The molecule has 0 radical (unpaired) electrons. The van der Waals surface area contributed by atoms with E-state index in [0.29, 0.717) is 0 Å². The van der Waals surface area contributed by atoms with E-state index in [0.717, 1.165) is 26.2 Å². The Hall–Kier alpha value is -0.520. The third-order valence-electron chi connectivity index (χ3n) is 3.13. The van der Waals surface area contributed by atoms with Crippen molar-refractivity contribution in [2.24, 2.45) is 0 Å².